The molecule has 2 fully saturated rings. The second-order valence-corrected chi connectivity index (χ2v) is 26.8. The molecule has 254 valence electrons. The molecule has 4 nitrogen and oxygen atoms in total. The van der Waals surface area contributed by atoms with Crippen LogP contribution in [-0.4, -0.2) is 30.7 Å². The van der Waals surface area contributed by atoms with Crippen molar-refractivity contribution in [3.8, 4) is 11.5 Å². The zero-order chi connectivity index (χ0) is 34.0. The van der Waals surface area contributed by atoms with Gasteiger partial charge in [0.15, 0.2) is 5.78 Å². The molecule has 0 heterocycles. The van der Waals surface area contributed by atoms with Gasteiger partial charge in [0.1, 0.15) is 11.5 Å². The molecule has 0 atom stereocenters. The van der Waals surface area contributed by atoms with E-state index in [1.807, 2.05) is 42.5 Å². The fourth-order valence-electron chi connectivity index (χ4n) is 2.99. The van der Waals surface area contributed by atoms with Crippen LogP contribution in [0.1, 0.15) is 43.7 Å². The van der Waals surface area contributed by atoms with Crippen LogP contribution in [0.15, 0.2) is 57.5 Å². The number of aliphatic hydroxyl groups excluding tert-OH is 1. The van der Waals surface area contributed by atoms with Crippen LogP contribution in [0.25, 0.3) is 12.2 Å². The zero-order valence-electron chi connectivity index (χ0n) is 24.1. The van der Waals surface area contributed by atoms with Crippen molar-refractivity contribution in [3.05, 3.63) is 68.6 Å². The normalized spacial score (nSPS) is 12.8. The maximum atomic E-state index is 11.0. The van der Waals surface area contributed by atoms with E-state index in [-0.39, 0.29) is 12.4 Å². The van der Waals surface area contributed by atoms with Gasteiger partial charge in [0.05, 0.1) is 19.8 Å². The van der Waals surface area contributed by atoms with Crippen LogP contribution in [0.3, 0.4) is 0 Å². The minimum Gasteiger partial charge on any atom is -0.493 e. The number of benzene rings is 2. The third kappa shape index (κ3) is 25.0. The lowest BCUT2D eigenvalue weighted by atomic mass is 10.1. The predicted octanol–water partition coefficient (Wildman–Crippen LogP) is 7.05. The van der Waals surface area contributed by atoms with Crippen molar-refractivity contribution in [2.75, 3.05) is 19.8 Å². The fraction of sp³-hybridized carbons (Fsp3) is 0.370. The third-order valence-corrected chi connectivity index (χ3v) is 21.9. The molecular formula is C27H30Br2O4S13. The van der Waals surface area contributed by atoms with E-state index in [1.54, 1.807) is 51.8 Å². The topological polar surface area (TPSA) is 55.8 Å². The molecule has 0 unspecified atom stereocenters. The lowest BCUT2D eigenvalue weighted by Crippen LogP contribution is -2.00. The Bertz CT molecular complexity index is 1680. The van der Waals surface area contributed by atoms with Gasteiger partial charge in [-0.15, -0.1) is 0 Å². The number of carbonyl (C=O) groups is 1. The number of ketones is 1. The highest BCUT2D eigenvalue weighted by atomic mass is 79.9. The molecule has 0 spiro atoms. The summed E-state index contributed by atoms with van der Waals surface area (Å²) in [4.78, 5) is 11.0. The van der Waals surface area contributed by atoms with Crippen LogP contribution in [0.2, 0.25) is 0 Å². The van der Waals surface area contributed by atoms with E-state index >= 15 is 0 Å². The van der Waals surface area contributed by atoms with Crippen molar-refractivity contribution in [1.82, 2.24) is 0 Å². The number of hydrogen-bond donors (Lipinski definition) is 1. The fourth-order valence-corrected chi connectivity index (χ4v) is 17.5. The van der Waals surface area contributed by atoms with Crippen molar-refractivity contribution >= 4 is 174 Å². The van der Waals surface area contributed by atoms with Crippen molar-refractivity contribution in [1.29, 1.82) is 0 Å². The Labute approximate surface area is 333 Å². The highest BCUT2D eigenvalue weighted by molar-refractivity contribution is 9.10. The largest absolute Gasteiger partial charge is 0.493 e. The molecule has 2 saturated carbocycles. The van der Waals surface area contributed by atoms with E-state index in [0.717, 1.165) is 56.6 Å². The molecule has 46 heavy (non-hydrogen) atoms. The number of allylic oxidation sites excluding steroid dienone is 1. The summed E-state index contributed by atoms with van der Waals surface area (Å²) in [5, 5.41) is 8.78. The molecule has 0 bridgehead atoms. The number of ether oxygens (including phenoxy) is 2. The van der Waals surface area contributed by atoms with E-state index in [0.29, 0.717) is 0 Å². The van der Waals surface area contributed by atoms with Crippen molar-refractivity contribution < 1.29 is 19.4 Å². The molecule has 1 N–H and O–H groups in total. The molecule has 0 saturated heterocycles. The molecule has 2 aliphatic rings. The first kappa shape index (κ1) is 45.0. The van der Waals surface area contributed by atoms with Gasteiger partial charge < -0.3 is 14.6 Å². The smallest absolute Gasteiger partial charge is 0.152 e. The average molecular weight is 995 g/mol. The van der Waals surface area contributed by atoms with Crippen molar-refractivity contribution in [2.24, 2.45) is 11.8 Å². The Hall–Kier alpha value is 0.970. The first-order valence-corrected chi connectivity index (χ1v) is 29.3. The average Bonchev–Trinajstić information content (AvgIpc) is 3.98. The van der Waals surface area contributed by atoms with Gasteiger partial charge in [0.25, 0.3) is 0 Å². The Morgan fingerprint density at radius 3 is 1.54 bits per heavy atom. The second-order valence-electron chi connectivity index (χ2n) is 9.01. The SMILES string of the molecule is CC(=O)/C=C/c1cc(Br)ccc1OCC1CC1.OC/C=C/c1cc(Br)ccc1OCC1CC1.S=S=S=S=S=S.S=S=S=S=S=S=S. The highest BCUT2D eigenvalue weighted by Gasteiger charge is 2.23. The molecule has 2 aromatic rings. The quantitative estimate of drug-likeness (QED) is 0.255. The van der Waals surface area contributed by atoms with Crippen LogP contribution >= 0.6 is 31.9 Å². The van der Waals surface area contributed by atoms with Crippen molar-refractivity contribution in [2.45, 2.75) is 32.6 Å². The zero-order valence-corrected chi connectivity index (χ0v) is 37.9. The van der Waals surface area contributed by atoms with E-state index < -0.39 is 0 Å². The van der Waals surface area contributed by atoms with Gasteiger partial charge >= 0.3 is 0 Å². The van der Waals surface area contributed by atoms with Crippen LogP contribution in [-0.2, 0) is 129 Å². The van der Waals surface area contributed by atoms with Gasteiger partial charge in [-0.25, -0.2) is 0 Å². The number of halogens is 2. The Kier molecular flexibility index (Phi) is 29.0. The first-order valence-electron chi connectivity index (χ1n) is 13.1. The summed E-state index contributed by atoms with van der Waals surface area (Å²) in [7, 11) is 13.0. The molecule has 2 aromatic carbocycles. The highest BCUT2D eigenvalue weighted by Crippen LogP contribution is 2.32. The summed E-state index contributed by atoms with van der Waals surface area (Å²) in [6, 6.07) is 11.8. The summed E-state index contributed by atoms with van der Waals surface area (Å²) in [5.41, 5.74) is 1.94. The molecule has 0 aliphatic heterocycles. The monoisotopic (exact) mass is 992 g/mol. The molecule has 2 aliphatic carbocycles. The minimum atomic E-state index is 0.0399. The number of aliphatic hydroxyl groups is 1. The number of carbonyl (C=O) groups excluding carboxylic acids is 1. The van der Waals surface area contributed by atoms with E-state index in [4.69, 9.17) is 14.6 Å². The van der Waals surface area contributed by atoms with Crippen LogP contribution < -0.4 is 9.47 Å². The first-order chi connectivity index (χ1) is 22.3. The van der Waals surface area contributed by atoms with Gasteiger partial charge in [0.2, 0.25) is 0 Å². The van der Waals surface area contributed by atoms with Crippen LogP contribution in [0.5, 0.6) is 11.5 Å². The lowest BCUT2D eigenvalue weighted by molar-refractivity contribution is -0.112. The summed E-state index contributed by atoms with van der Waals surface area (Å²) in [6.45, 7) is 3.18. The van der Waals surface area contributed by atoms with E-state index in [2.05, 4.69) is 76.6 Å². The molecule has 0 amide bonds. The van der Waals surface area contributed by atoms with Gasteiger partial charge in [-0.2, -0.15) is 0 Å². The van der Waals surface area contributed by atoms with E-state index in [9.17, 15) is 4.79 Å². The Morgan fingerprint density at radius 2 is 1.17 bits per heavy atom. The molecule has 0 aromatic heterocycles. The molecule has 4 rings (SSSR count). The van der Waals surface area contributed by atoms with Gasteiger partial charge in [-0.3, -0.25) is 4.79 Å². The summed E-state index contributed by atoms with van der Waals surface area (Å²) < 4.78 is 13.5. The van der Waals surface area contributed by atoms with Crippen LogP contribution in [0, 0.1) is 11.8 Å². The van der Waals surface area contributed by atoms with E-state index in [1.165, 1.54) is 79.0 Å². The predicted molar refractivity (Wildman–Crippen MR) is 236 cm³/mol. The standard InChI is InChI=1S/C14H15BrO2.C13H15BrO2.S7.S6/c1-10(16)2-5-12-8-13(15)6-7-14(12)17-9-11-3-4-11;14-12-5-6-13(16-9-10-3-4-10)11(8-12)2-1-7-15;1-3-5-7-6-4-2;1-3-5-6-4-2/h2,5-8,11H,3-4,9H2,1H3;1-2,5-6,8,10,15H,3-4,7,9H2;;/b5-2+;2-1+;;. The second kappa shape index (κ2) is 29.7. The molecular weight excluding hydrogens is 965 g/mol. The molecule has 0 radical (unpaired) electrons. The van der Waals surface area contributed by atoms with Crippen LogP contribution in [0.4, 0.5) is 0 Å². The Balaban J connectivity index is 0.000000337. The summed E-state index contributed by atoms with van der Waals surface area (Å²) >= 11 is 25.0. The van der Waals surface area contributed by atoms with Gasteiger partial charge in [-0.05, 0) is 93.0 Å². The maximum Gasteiger partial charge on any atom is 0.152 e. The third-order valence-electron chi connectivity index (χ3n) is 5.38. The number of rotatable bonds is 10. The van der Waals surface area contributed by atoms with Gasteiger partial charge in [-0.1, -0.05) is 44.0 Å². The van der Waals surface area contributed by atoms with Gasteiger partial charge in [0, 0.05) is 145 Å². The Morgan fingerprint density at radius 1 is 0.761 bits per heavy atom. The summed E-state index contributed by atoms with van der Waals surface area (Å²) in [5.74, 6) is 3.25. The number of hydrogen-bond acceptors (Lipinski definition) is 8. The summed E-state index contributed by atoms with van der Waals surface area (Å²) in [6.07, 6.45) is 12.1. The van der Waals surface area contributed by atoms with Crippen molar-refractivity contribution in [3.63, 3.8) is 0 Å². The molecule has 19 heteroatoms. The maximum absolute atomic E-state index is 11.0. The lowest BCUT2D eigenvalue weighted by Gasteiger charge is -2.09. The minimum absolute atomic E-state index is 0.0399.